The normalized spacial score (nSPS) is 16.3. The summed E-state index contributed by atoms with van der Waals surface area (Å²) >= 11 is 0. The third kappa shape index (κ3) is 4.26. The number of hydrogen-bond donors (Lipinski definition) is 0. The van der Waals surface area contributed by atoms with Gasteiger partial charge in [0, 0.05) is 39.1 Å². The number of anilines is 1. The Labute approximate surface area is 143 Å². The van der Waals surface area contributed by atoms with Gasteiger partial charge in [-0.15, -0.1) is 0 Å². The molecule has 24 heavy (non-hydrogen) atoms. The van der Waals surface area contributed by atoms with Crippen LogP contribution in [0.25, 0.3) is 0 Å². The van der Waals surface area contributed by atoms with E-state index in [9.17, 15) is 4.79 Å². The lowest BCUT2D eigenvalue weighted by Gasteiger charge is -2.36. The van der Waals surface area contributed by atoms with Gasteiger partial charge in [-0.1, -0.05) is 13.3 Å². The van der Waals surface area contributed by atoms with Gasteiger partial charge in [0.2, 0.25) is 17.5 Å². The first-order valence-electron chi connectivity index (χ1n) is 8.56. The largest absolute Gasteiger partial charge is 0.424 e. The molecule has 1 unspecified atom stereocenters. The Morgan fingerprint density at radius 1 is 1.42 bits per heavy atom. The van der Waals surface area contributed by atoms with E-state index in [1.165, 1.54) is 0 Å². The summed E-state index contributed by atoms with van der Waals surface area (Å²) in [6, 6.07) is 2.48. The van der Waals surface area contributed by atoms with Gasteiger partial charge in [-0.3, -0.25) is 9.69 Å². The molecule has 1 fully saturated rings. The van der Waals surface area contributed by atoms with Crippen LogP contribution in [0.15, 0.2) is 4.42 Å². The number of hydrogen-bond acceptors (Lipinski definition) is 6. The third-order valence-electron chi connectivity index (χ3n) is 4.59. The monoisotopic (exact) mass is 333 g/mol. The maximum Gasteiger partial charge on any atom is 0.236 e. The zero-order valence-electron chi connectivity index (χ0n) is 15.1. The van der Waals surface area contributed by atoms with Crippen molar-refractivity contribution in [3.8, 4) is 6.07 Å². The van der Waals surface area contributed by atoms with E-state index in [-0.39, 0.29) is 5.91 Å². The van der Waals surface area contributed by atoms with Crippen LogP contribution in [0.2, 0.25) is 0 Å². The van der Waals surface area contributed by atoms with Crippen LogP contribution in [0.1, 0.15) is 38.3 Å². The van der Waals surface area contributed by atoms with Gasteiger partial charge in [-0.05, 0) is 20.4 Å². The van der Waals surface area contributed by atoms with Gasteiger partial charge in [-0.2, -0.15) is 5.26 Å². The van der Waals surface area contributed by atoms with Crippen molar-refractivity contribution < 1.29 is 9.21 Å². The number of likely N-dealkylation sites (N-methyl/N-ethyl adjacent to an activating group) is 1. The number of aromatic nitrogens is 1. The van der Waals surface area contributed by atoms with E-state index in [0.29, 0.717) is 56.2 Å². The van der Waals surface area contributed by atoms with Gasteiger partial charge in [0.05, 0.1) is 6.54 Å². The molecular formula is C17H27N5O2. The summed E-state index contributed by atoms with van der Waals surface area (Å²) in [6.07, 6.45) is 2.22. The Balaban J connectivity index is 1.88. The molecule has 0 radical (unpaired) electrons. The van der Waals surface area contributed by atoms with Gasteiger partial charge in [0.25, 0.3) is 0 Å². The van der Waals surface area contributed by atoms with Crippen LogP contribution in [-0.4, -0.2) is 66.5 Å². The average Bonchev–Trinajstić information content (AvgIpc) is 2.96. The van der Waals surface area contributed by atoms with Crippen LogP contribution in [-0.2, 0) is 4.79 Å². The SMILES string of the molecule is CCCC(C)N(C)CC(=O)N1CCN(c2oc(C)nc2C#N)CC1. The van der Waals surface area contributed by atoms with E-state index >= 15 is 0 Å². The lowest BCUT2D eigenvalue weighted by atomic mass is 10.2. The second kappa shape index (κ2) is 8.15. The molecule has 1 saturated heterocycles. The molecule has 7 nitrogen and oxygen atoms in total. The standard InChI is InChI=1S/C17H27N5O2/c1-5-6-13(2)20(4)12-16(23)21-7-9-22(10-8-21)17-15(11-18)19-14(3)24-17/h13H,5-10,12H2,1-4H3. The van der Waals surface area contributed by atoms with Crippen molar-refractivity contribution in [1.82, 2.24) is 14.8 Å². The first-order valence-corrected chi connectivity index (χ1v) is 8.56. The predicted molar refractivity (Wildman–Crippen MR) is 91.7 cm³/mol. The van der Waals surface area contributed by atoms with Crippen LogP contribution >= 0.6 is 0 Å². The average molecular weight is 333 g/mol. The predicted octanol–water partition coefficient (Wildman–Crippen LogP) is 1.62. The van der Waals surface area contributed by atoms with Crippen LogP contribution < -0.4 is 4.90 Å². The number of carbonyl (C=O) groups excluding carboxylic acids is 1. The molecule has 1 aliphatic heterocycles. The minimum Gasteiger partial charge on any atom is -0.424 e. The fraction of sp³-hybridized carbons (Fsp3) is 0.706. The minimum absolute atomic E-state index is 0.161. The van der Waals surface area contributed by atoms with Gasteiger partial charge in [0.1, 0.15) is 6.07 Å². The highest BCUT2D eigenvalue weighted by Crippen LogP contribution is 2.22. The first-order chi connectivity index (χ1) is 11.5. The molecule has 0 saturated carbocycles. The number of rotatable bonds is 6. The molecule has 0 aliphatic carbocycles. The Kier molecular flexibility index (Phi) is 6.21. The number of amides is 1. The van der Waals surface area contributed by atoms with Crippen LogP contribution in [0.4, 0.5) is 5.88 Å². The maximum absolute atomic E-state index is 12.5. The van der Waals surface area contributed by atoms with E-state index in [1.807, 2.05) is 16.8 Å². The van der Waals surface area contributed by atoms with Crippen LogP contribution in [0.5, 0.6) is 0 Å². The van der Waals surface area contributed by atoms with Gasteiger partial charge in [-0.25, -0.2) is 4.98 Å². The van der Waals surface area contributed by atoms with Crippen molar-refractivity contribution in [2.24, 2.45) is 0 Å². The molecule has 132 valence electrons. The van der Waals surface area contributed by atoms with Crippen molar-refractivity contribution in [2.45, 2.75) is 39.7 Å². The van der Waals surface area contributed by atoms with Gasteiger partial charge < -0.3 is 14.2 Å². The Bertz CT molecular complexity index is 599. The molecule has 0 aromatic carbocycles. The second-order valence-corrected chi connectivity index (χ2v) is 6.42. The lowest BCUT2D eigenvalue weighted by molar-refractivity contribution is -0.132. The van der Waals surface area contributed by atoms with Crippen molar-refractivity contribution in [1.29, 1.82) is 5.26 Å². The molecule has 1 aromatic heterocycles. The van der Waals surface area contributed by atoms with E-state index in [2.05, 4.69) is 29.8 Å². The molecule has 1 aliphatic rings. The van der Waals surface area contributed by atoms with Crippen molar-refractivity contribution in [2.75, 3.05) is 44.7 Å². The van der Waals surface area contributed by atoms with Crippen LogP contribution in [0.3, 0.4) is 0 Å². The zero-order chi connectivity index (χ0) is 17.7. The summed E-state index contributed by atoms with van der Waals surface area (Å²) in [4.78, 5) is 22.5. The van der Waals surface area contributed by atoms with Crippen molar-refractivity contribution >= 4 is 11.8 Å². The lowest BCUT2D eigenvalue weighted by Crippen LogP contribution is -2.51. The maximum atomic E-state index is 12.5. The van der Waals surface area contributed by atoms with E-state index in [4.69, 9.17) is 9.68 Å². The number of piperazine rings is 1. The number of nitrogens with zero attached hydrogens (tertiary/aromatic N) is 5. The van der Waals surface area contributed by atoms with E-state index < -0.39 is 0 Å². The smallest absolute Gasteiger partial charge is 0.236 e. The summed E-state index contributed by atoms with van der Waals surface area (Å²) in [7, 11) is 2.00. The molecule has 1 amide bonds. The minimum atomic E-state index is 0.161. The highest BCUT2D eigenvalue weighted by atomic mass is 16.4. The second-order valence-electron chi connectivity index (χ2n) is 6.42. The summed E-state index contributed by atoms with van der Waals surface area (Å²) in [5.41, 5.74) is 0.320. The summed E-state index contributed by atoms with van der Waals surface area (Å²) in [6.45, 7) is 9.09. The third-order valence-corrected chi connectivity index (χ3v) is 4.59. The molecule has 2 heterocycles. The molecule has 0 bridgehead atoms. The fourth-order valence-electron chi connectivity index (χ4n) is 2.97. The molecule has 0 spiro atoms. The number of oxazole rings is 1. The topological polar surface area (TPSA) is 76.6 Å². The number of aryl methyl sites for hydroxylation is 1. The van der Waals surface area contributed by atoms with Gasteiger partial charge in [0.15, 0.2) is 5.89 Å². The molecule has 0 N–H and O–H groups in total. The van der Waals surface area contributed by atoms with E-state index in [0.717, 1.165) is 12.8 Å². The van der Waals surface area contributed by atoms with Crippen molar-refractivity contribution in [3.05, 3.63) is 11.6 Å². The van der Waals surface area contributed by atoms with Gasteiger partial charge >= 0.3 is 0 Å². The highest BCUT2D eigenvalue weighted by molar-refractivity contribution is 5.78. The van der Waals surface area contributed by atoms with E-state index in [1.54, 1.807) is 6.92 Å². The molecule has 7 heteroatoms. The Morgan fingerprint density at radius 3 is 2.67 bits per heavy atom. The molecule has 1 atom stereocenters. The summed E-state index contributed by atoms with van der Waals surface area (Å²) in [5.74, 6) is 1.18. The van der Waals surface area contributed by atoms with Crippen LogP contribution in [0, 0.1) is 18.3 Å². The van der Waals surface area contributed by atoms with Crippen molar-refractivity contribution in [3.63, 3.8) is 0 Å². The molecule has 1 aromatic rings. The first kappa shape index (κ1) is 18.3. The molecule has 2 rings (SSSR count). The summed E-state index contributed by atoms with van der Waals surface area (Å²) in [5, 5.41) is 9.13. The Hall–Kier alpha value is -2.07. The Morgan fingerprint density at radius 2 is 2.08 bits per heavy atom. The highest BCUT2D eigenvalue weighted by Gasteiger charge is 2.26. The zero-order valence-corrected chi connectivity index (χ0v) is 15.1. The number of nitriles is 1. The fourth-order valence-corrected chi connectivity index (χ4v) is 2.97. The molecular weight excluding hydrogens is 306 g/mol. The number of carbonyl (C=O) groups is 1. The quantitative estimate of drug-likeness (QED) is 0.787. The summed E-state index contributed by atoms with van der Waals surface area (Å²) < 4.78 is 5.54.